The van der Waals surface area contributed by atoms with Gasteiger partial charge in [0.1, 0.15) is 10.7 Å². The highest BCUT2D eigenvalue weighted by Crippen LogP contribution is 2.18. The molecule has 102 valence electrons. The van der Waals surface area contributed by atoms with Gasteiger partial charge in [0, 0.05) is 38.7 Å². The summed E-state index contributed by atoms with van der Waals surface area (Å²) in [6, 6.07) is 0. The first-order valence-corrected chi connectivity index (χ1v) is 6.83. The molecule has 1 rings (SSSR count). The van der Waals surface area contributed by atoms with Crippen molar-refractivity contribution in [2.24, 2.45) is 0 Å². The smallest absolute Gasteiger partial charge is 0.236 e. The van der Waals surface area contributed by atoms with Crippen LogP contribution in [-0.4, -0.2) is 59.0 Å². The number of carbonyl (C=O) groups excluding carboxylic acids is 1. The highest BCUT2D eigenvalue weighted by molar-refractivity contribution is 7.10. The molecule has 1 amide bonds. The number of carbonyl (C=O) groups is 1. The minimum atomic E-state index is 0.102. The second-order valence-electron chi connectivity index (χ2n) is 4.17. The standard InChI is InChI=1S/C11H21N5OS/c1-5-12-11-9(13-14-18-11)7-16(6-2)8-10(17)15(3)4/h12H,5-8H2,1-4H3. The van der Waals surface area contributed by atoms with Crippen LogP contribution in [0.2, 0.25) is 0 Å². The third kappa shape index (κ3) is 4.23. The van der Waals surface area contributed by atoms with Crippen LogP contribution in [0.15, 0.2) is 0 Å². The molecule has 0 bridgehead atoms. The number of anilines is 1. The van der Waals surface area contributed by atoms with Crippen LogP contribution in [0.25, 0.3) is 0 Å². The zero-order chi connectivity index (χ0) is 13.5. The Morgan fingerprint density at radius 1 is 1.39 bits per heavy atom. The predicted molar refractivity (Wildman–Crippen MR) is 73.7 cm³/mol. The van der Waals surface area contributed by atoms with Gasteiger partial charge in [-0.05, 0) is 13.5 Å². The summed E-state index contributed by atoms with van der Waals surface area (Å²) < 4.78 is 3.95. The zero-order valence-electron chi connectivity index (χ0n) is 11.4. The molecule has 0 aliphatic rings. The SMILES string of the molecule is CCNc1snnc1CN(CC)CC(=O)N(C)C. The van der Waals surface area contributed by atoms with Crippen molar-refractivity contribution < 1.29 is 4.79 Å². The van der Waals surface area contributed by atoms with Gasteiger partial charge in [-0.1, -0.05) is 11.4 Å². The second-order valence-corrected chi connectivity index (χ2v) is 4.92. The van der Waals surface area contributed by atoms with E-state index in [1.807, 2.05) is 13.8 Å². The lowest BCUT2D eigenvalue weighted by Crippen LogP contribution is -2.36. The Hall–Kier alpha value is -1.21. The molecule has 0 unspecified atom stereocenters. The van der Waals surface area contributed by atoms with E-state index in [2.05, 4.69) is 19.8 Å². The first-order chi connectivity index (χ1) is 8.58. The number of likely N-dealkylation sites (N-methyl/N-ethyl adjacent to an activating group) is 2. The Labute approximate surface area is 112 Å². The summed E-state index contributed by atoms with van der Waals surface area (Å²) in [5.41, 5.74) is 0.912. The quantitative estimate of drug-likeness (QED) is 0.797. The van der Waals surface area contributed by atoms with Crippen molar-refractivity contribution in [2.45, 2.75) is 20.4 Å². The Kier molecular flexibility index (Phi) is 6.00. The molecule has 7 heteroatoms. The van der Waals surface area contributed by atoms with E-state index >= 15 is 0 Å². The van der Waals surface area contributed by atoms with Crippen molar-refractivity contribution in [3.63, 3.8) is 0 Å². The van der Waals surface area contributed by atoms with Crippen molar-refractivity contribution >= 4 is 22.4 Å². The highest BCUT2D eigenvalue weighted by Gasteiger charge is 2.15. The summed E-state index contributed by atoms with van der Waals surface area (Å²) in [7, 11) is 3.54. The summed E-state index contributed by atoms with van der Waals surface area (Å²) >= 11 is 1.36. The summed E-state index contributed by atoms with van der Waals surface area (Å²) in [6.45, 7) is 6.79. The van der Waals surface area contributed by atoms with Crippen molar-refractivity contribution in [3.05, 3.63) is 5.69 Å². The third-order valence-corrected chi connectivity index (χ3v) is 3.30. The minimum absolute atomic E-state index is 0.102. The fraction of sp³-hybridized carbons (Fsp3) is 0.727. The third-order valence-electron chi connectivity index (χ3n) is 2.57. The molecule has 1 aromatic rings. The Morgan fingerprint density at radius 2 is 2.11 bits per heavy atom. The maximum Gasteiger partial charge on any atom is 0.236 e. The summed E-state index contributed by atoms with van der Waals surface area (Å²) in [6.07, 6.45) is 0. The largest absolute Gasteiger partial charge is 0.374 e. The van der Waals surface area contributed by atoms with E-state index in [-0.39, 0.29) is 5.91 Å². The van der Waals surface area contributed by atoms with Crippen LogP contribution >= 0.6 is 11.5 Å². The highest BCUT2D eigenvalue weighted by atomic mass is 32.1. The summed E-state index contributed by atoms with van der Waals surface area (Å²) in [5, 5.41) is 8.34. The molecular weight excluding hydrogens is 250 g/mol. The van der Waals surface area contributed by atoms with Crippen LogP contribution in [-0.2, 0) is 11.3 Å². The Bertz CT molecular complexity index is 379. The molecule has 1 N–H and O–H groups in total. The molecule has 0 spiro atoms. The zero-order valence-corrected chi connectivity index (χ0v) is 12.3. The molecule has 0 atom stereocenters. The number of aromatic nitrogens is 2. The van der Waals surface area contributed by atoms with Crippen molar-refractivity contribution in [3.8, 4) is 0 Å². The van der Waals surface area contributed by atoms with Gasteiger partial charge in [-0.3, -0.25) is 9.69 Å². The fourth-order valence-electron chi connectivity index (χ4n) is 1.43. The van der Waals surface area contributed by atoms with E-state index in [1.165, 1.54) is 11.5 Å². The molecule has 0 aliphatic carbocycles. The number of amides is 1. The van der Waals surface area contributed by atoms with Gasteiger partial charge in [-0.2, -0.15) is 0 Å². The van der Waals surface area contributed by atoms with Gasteiger partial charge in [-0.15, -0.1) is 5.10 Å². The maximum atomic E-state index is 11.7. The minimum Gasteiger partial charge on any atom is -0.374 e. The normalized spacial score (nSPS) is 10.7. The molecule has 0 aromatic carbocycles. The Balaban J connectivity index is 2.62. The molecule has 0 saturated heterocycles. The second kappa shape index (κ2) is 7.27. The molecule has 0 fully saturated rings. The number of hydrogen-bond acceptors (Lipinski definition) is 6. The topological polar surface area (TPSA) is 61.4 Å². The van der Waals surface area contributed by atoms with Gasteiger partial charge in [0.15, 0.2) is 0 Å². The van der Waals surface area contributed by atoms with E-state index in [0.717, 1.165) is 23.8 Å². The van der Waals surface area contributed by atoms with Gasteiger partial charge in [0.25, 0.3) is 0 Å². The maximum absolute atomic E-state index is 11.7. The first-order valence-electron chi connectivity index (χ1n) is 6.06. The molecule has 0 aliphatic heterocycles. The van der Waals surface area contributed by atoms with Gasteiger partial charge in [0.05, 0.1) is 6.54 Å². The lowest BCUT2D eigenvalue weighted by Gasteiger charge is -2.21. The van der Waals surface area contributed by atoms with Gasteiger partial charge < -0.3 is 10.2 Å². The monoisotopic (exact) mass is 271 g/mol. The molecular formula is C11H21N5OS. The van der Waals surface area contributed by atoms with Crippen LogP contribution in [0.1, 0.15) is 19.5 Å². The van der Waals surface area contributed by atoms with Crippen molar-refractivity contribution in [2.75, 3.05) is 39.0 Å². The number of hydrogen-bond donors (Lipinski definition) is 1. The molecule has 0 saturated carbocycles. The lowest BCUT2D eigenvalue weighted by molar-refractivity contribution is -0.130. The van der Waals surface area contributed by atoms with Gasteiger partial charge >= 0.3 is 0 Å². The average molecular weight is 271 g/mol. The van der Waals surface area contributed by atoms with E-state index in [0.29, 0.717) is 13.1 Å². The van der Waals surface area contributed by atoms with Gasteiger partial charge in [-0.25, -0.2) is 0 Å². The van der Waals surface area contributed by atoms with Crippen molar-refractivity contribution in [1.82, 2.24) is 19.4 Å². The number of nitrogens with one attached hydrogen (secondary N) is 1. The van der Waals surface area contributed by atoms with Crippen LogP contribution in [0.3, 0.4) is 0 Å². The number of rotatable bonds is 7. The first kappa shape index (κ1) is 14.8. The van der Waals surface area contributed by atoms with Crippen LogP contribution in [0.4, 0.5) is 5.00 Å². The Morgan fingerprint density at radius 3 is 2.67 bits per heavy atom. The summed E-state index contributed by atoms with van der Waals surface area (Å²) in [5.74, 6) is 0.102. The average Bonchev–Trinajstić information content (AvgIpc) is 2.76. The van der Waals surface area contributed by atoms with Crippen LogP contribution < -0.4 is 5.32 Å². The number of nitrogens with zero attached hydrogens (tertiary/aromatic N) is 4. The molecule has 6 nitrogen and oxygen atoms in total. The molecule has 18 heavy (non-hydrogen) atoms. The predicted octanol–water partition coefficient (Wildman–Crippen LogP) is 0.880. The van der Waals surface area contributed by atoms with E-state index in [4.69, 9.17) is 0 Å². The fourth-order valence-corrected chi connectivity index (χ4v) is 2.07. The van der Waals surface area contributed by atoms with E-state index in [1.54, 1.807) is 19.0 Å². The van der Waals surface area contributed by atoms with Crippen molar-refractivity contribution in [1.29, 1.82) is 0 Å². The van der Waals surface area contributed by atoms with E-state index < -0.39 is 0 Å². The van der Waals surface area contributed by atoms with E-state index in [9.17, 15) is 4.79 Å². The molecule has 0 radical (unpaired) electrons. The van der Waals surface area contributed by atoms with Crippen LogP contribution in [0.5, 0.6) is 0 Å². The summed E-state index contributed by atoms with van der Waals surface area (Å²) in [4.78, 5) is 15.3. The molecule has 1 heterocycles. The lowest BCUT2D eigenvalue weighted by atomic mass is 10.3. The van der Waals surface area contributed by atoms with Crippen LogP contribution in [0, 0.1) is 0 Å². The molecule has 1 aromatic heterocycles. The van der Waals surface area contributed by atoms with Gasteiger partial charge in [0.2, 0.25) is 5.91 Å².